The Hall–Kier alpha value is -0.970. The number of aromatic nitrogens is 1. The summed E-state index contributed by atoms with van der Waals surface area (Å²) in [6.07, 6.45) is 1.93. The third kappa shape index (κ3) is 3.28. The maximum absolute atomic E-state index is 13.7. The van der Waals surface area contributed by atoms with E-state index in [1.165, 1.54) is 12.3 Å². The Kier molecular flexibility index (Phi) is 4.32. The summed E-state index contributed by atoms with van der Waals surface area (Å²) in [6, 6.07) is 8.07. The average Bonchev–Trinajstić information content (AvgIpc) is 2.33. The molecule has 94 valence electrons. The van der Waals surface area contributed by atoms with Crippen LogP contribution in [-0.2, 0) is 6.42 Å². The molecule has 1 aromatic heterocycles. The molecule has 0 bridgehead atoms. The van der Waals surface area contributed by atoms with Crippen molar-refractivity contribution in [2.45, 2.75) is 12.5 Å². The summed E-state index contributed by atoms with van der Waals surface area (Å²) in [5, 5.41) is 0.556. The summed E-state index contributed by atoms with van der Waals surface area (Å²) in [7, 11) is 0. The molecular weight excluding hydrogens is 319 g/mol. The van der Waals surface area contributed by atoms with Gasteiger partial charge in [0.25, 0.3) is 0 Å². The van der Waals surface area contributed by atoms with Gasteiger partial charge in [0.15, 0.2) is 0 Å². The van der Waals surface area contributed by atoms with Crippen LogP contribution < -0.4 is 5.73 Å². The molecule has 0 aliphatic rings. The Morgan fingerprint density at radius 1 is 1.33 bits per heavy atom. The van der Waals surface area contributed by atoms with Gasteiger partial charge in [0.2, 0.25) is 0 Å². The van der Waals surface area contributed by atoms with Crippen molar-refractivity contribution >= 4 is 27.5 Å². The molecule has 0 fully saturated rings. The average molecular weight is 330 g/mol. The summed E-state index contributed by atoms with van der Waals surface area (Å²) >= 11 is 8.97. The number of nitrogens with two attached hydrogens (primary N) is 1. The molecule has 0 amide bonds. The molecule has 2 aromatic rings. The SMILES string of the molecule is NC(Cc1ccc(Br)cc1F)c1ccc(Cl)cn1. The maximum atomic E-state index is 13.7. The van der Waals surface area contributed by atoms with E-state index in [1.54, 1.807) is 24.3 Å². The Morgan fingerprint density at radius 2 is 2.11 bits per heavy atom. The molecule has 5 heteroatoms. The summed E-state index contributed by atoms with van der Waals surface area (Å²) in [4.78, 5) is 4.13. The molecule has 0 aliphatic carbocycles. The van der Waals surface area contributed by atoms with Gasteiger partial charge in [-0.2, -0.15) is 0 Å². The summed E-state index contributed by atoms with van der Waals surface area (Å²) < 4.78 is 14.4. The van der Waals surface area contributed by atoms with Crippen LogP contribution in [0.5, 0.6) is 0 Å². The van der Waals surface area contributed by atoms with Crippen LogP contribution in [0.2, 0.25) is 5.02 Å². The van der Waals surface area contributed by atoms with Crippen LogP contribution in [-0.4, -0.2) is 4.98 Å². The van der Waals surface area contributed by atoms with Gasteiger partial charge in [0, 0.05) is 10.7 Å². The van der Waals surface area contributed by atoms with Crippen LogP contribution in [0.1, 0.15) is 17.3 Å². The van der Waals surface area contributed by atoms with E-state index in [2.05, 4.69) is 20.9 Å². The van der Waals surface area contributed by atoms with Gasteiger partial charge < -0.3 is 5.73 Å². The van der Waals surface area contributed by atoms with Gasteiger partial charge in [-0.05, 0) is 36.2 Å². The maximum Gasteiger partial charge on any atom is 0.127 e. The smallest absolute Gasteiger partial charge is 0.127 e. The first-order valence-corrected chi connectivity index (χ1v) is 6.54. The summed E-state index contributed by atoms with van der Waals surface area (Å²) in [5.41, 5.74) is 7.27. The Labute approximate surface area is 118 Å². The summed E-state index contributed by atoms with van der Waals surface area (Å²) in [6.45, 7) is 0. The predicted octanol–water partition coefficient (Wildman–Crippen LogP) is 3.88. The fraction of sp³-hybridized carbons (Fsp3) is 0.154. The number of hydrogen-bond donors (Lipinski definition) is 1. The van der Waals surface area contributed by atoms with Crippen LogP contribution in [0.25, 0.3) is 0 Å². The minimum Gasteiger partial charge on any atom is -0.322 e. The van der Waals surface area contributed by atoms with E-state index in [9.17, 15) is 4.39 Å². The third-order valence-electron chi connectivity index (χ3n) is 2.59. The van der Waals surface area contributed by atoms with Crippen molar-refractivity contribution in [3.05, 3.63) is 63.1 Å². The van der Waals surface area contributed by atoms with Crippen molar-refractivity contribution in [2.75, 3.05) is 0 Å². The minimum atomic E-state index is -0.349. The zero-order valence-corrected chi connectivity index (χ0v) is 11.7. The van der Waals surface area contributed by atoms with Crippen LogP contribution >= 0.6 is 27.5 Å². The Morgan fingerprint density at radius 3 is 2.72 bits per heavy atom. The molecule has 0 saturated heterocycles. The largest absolute Gasteiger partial charge is 0.322 e. The van der Waals surface area contributed by atoms with Gasteiger partial charge in [-0.3, -0.25) is 4.98 Å². The third-order valence-corrected chi connectivity index (χ3v) is 3.30. The van der Waals surface area contributed by atoms with Crippen molar-refractivity contribution in [3.8, 4) is 0 Å². The normalized spacial score (nSPS) is 12.4. The molecule has 0 aliphatic heterocycles. The molecule has 0 spiro atoms. The summed E-state index contributed by atoms with van der Waals surface area (Å²) in [5.74, 6) is -0.270. The second kappa shape index (κ2) is 5.78. The van der Waals surface area contributed by atoms with Crippen molar-refractivity contribution in [1.29, 1.82) is 0 Å². The molecule has 1 atom stereocenters. The zero-order chi connectivity index (χ0) is 13.1. The second-order valence-corrected chi connectivity index (χ2v) is 5.30. The zero-order valence-electron chi connectivity index (χ0n) is 9.41. The monoisotopic (exact) mass is 328 g/mol. The number of halogens is 3. The highest BCUT2D eigenvalue weighted by atomic mass is 79.9. The Balaban J connectivity index is 2.15. The van der Waals surface area contributed by atoms with Crippen molar-refractivity contribution in [3.63, 3.8) is 0 Å². The Bertz CT molecular complexity index is 545. The lowest BCUT2D eigenvalue weighted by Crippen LogP contribution is -2.15. The van der Waals surface area contributed by atoms with Crippen LogP contribution in [0.4, 0.5) is 4.39 Å². The van der Waals surface area contributed by atoms with Crippen molar-refractivity contribution in [2.24, 2.45) is 5.73 Å². The lowest BCUT2D eigenvalue weighted by molar-refractivity contribution is 0.589. The van der Waals surface area contributed by atoms with Gasteiger partial charge in [-0.25, -0.2) is 4.39 Å². The first kappa shape index (κ1) is 13.5. The van der Waals surface area contributed by atoms with Crippen LogP contribution in [0.3, 0.4) is 0 Å². The fourth-order valence-electron chi connectivity index (χ4n) is 1.64. The first-order valence-electron chi connectivity index (χ1n) is 5.37. The minimum absolute atomic E-state index is 0.270. The molecule has 2 rings (SSSR count). The van der Waals surface area contributed by atoms with E-state index in [0.29, 0.717) is 27.2 Å². The quantitative estimate of drug-likeness (QED) is 0.928. The van der Waals surface area contributed by atoms with E-state index in [4.69, 9.17) is 17.3 Å². The van der Waals surface area contributed by atoms with Crippen molar-refractivity contribution < 1.29 is 4.39 Å². The van der Waals surface area contributed by atoms with Gasteiger partial charge in [0.05, 0.1) is 16.8 Å². The highest BCUT2D eigenvalue weighted by Gasteiger charge is 2.11. The van der Waals surface area contributed by atoms with E-state index in [0.717, 1.165) is 0 Å². The van der Waals surface area contributed by atoms with E-state index in [1.807, 2.05) is 0 Å². The standard InChI is InChI=1S/C13H11BrClFN2/c14-9-2-1-8(11(16)6-9)5-12(17)13-4-3-10(15)7-18-13/h1-4,6-7,12H,5,17H2. The van der Waals surface area contributed by atoms with Gasteiger partial charge in [-0.1, -0.05) is 33.6 Å². The molecule has 1 aromatic carbocycles. The molecular formula is C13H11BrClFN2. The number of rotatable bonds is 3. The van der Waals surface area contributed by atoms with E-state index in [-0.39, 0.29) is 11.9 Å². The second-order valence-electron chi connectivity index (χ2n) is 3.95. The lowest BCUT2D eigenvalue weighted by atomic mass is 10.0. The highest BCUT2D eigenvalue weighted by molar-refractivity contribution is 9.10. The van der Waals surface area contributed by atoms with Crippen molar-refractivity contribution in [1.82, 2.24) is 4.98 Å². The molecule has 1 unspecified atom stereocenters. The molecule has 18 heavy (non-hydrogen) atoms. The molecule has 1 heterocycles. The van der Waals surface area contributed by atoms with Crippen LogP contribution in [0, 0.1) is 5.82 Å². The highest BCUT2D eigenvalue weighted by Crippen LogP contribution is 2.20. The number of pyridine rings is 1. The number of benzene rings is 1. The van der Waals surface area contributed by atoms with Gasteiger partial charge in [0.1, 0.15) is 5.82 Å². The molecule has 0 saturated carbocycles. The molecule has 2 nitrogen and oxygen atoms in total. The van der Waals surface area contributed by atoms with E-state index < -0.39 is 0 Å². The molecule has 0 radical (unpaired) electrons. The first-order chi connectivity index (χ1) is 8.56. The van der Waals surface area contributed by atoms with Crippen LogP contribution in [0.15, 0.2) is 41.0 Å². The molecule has 2 N–H and O–H groups in total. The van der Waals surface area contributed by atoms with Gasteiger partial charge in [-0.15, -0.1) is 0 Å². The predicted molar refractivity (Wildman–Crippen MR) is 74.0 cm³/mol. The van der Waals surface area contributed by atoms with Gasteiger partial charge >= 0.3 is 0 Å². The lowest BCUT2D eigenvalue weighted by Gasteiger charge is -2.12. The number of hydrogen-bond acceptors (Lipinski definition) is 2. The number of nitrogens with zero attached hydrogens (tertiary/aromatic N) is 1. The topological polar surface area (TPSA) is 38.9 Å². The fourth-order valence-corrected chi connectivity index (χ4v) is 2.08. The van der Waals surface area contributed by atoms with E-state index >= 15 is 0 Å².